The van der Waals surface area contributed by atoms with Gasteiger partial charge >= 0.3 is 0 Å². The highest BCUT2D eigenvalue weighted by molar-refractivity contribution is 4.93. The molecule has 12 aliphatic carbocycles. The van der Waals surface area contributed by atoms with E-state index in [9.17, 15) is 0 Å². The molecule has 0 heterocycles. The number of hydrogen-bond acceptors (Lipinski definition) is 0. The lowest BCUT2D eigenvalue weighted by Crippen LogP contribution is -2.41. The maximum Gasteiger partial charge on any atom is -0.0257 e. The normalized spacial score (nSPS) is 29.2. The summed E-state index contributed by atoms with van der Waals surface area (Å²) in [5, 5.41) is 0. The topological polar surface area (TPSA) is 0 Å². The van der Waals surface area contributed by atoms with E-state index >= 15 is 0 Å². The van der Waals surface area contributed by atoms with Gasteiger partial charge in [0, 0.05) is 0 Å². The van der Waals surface area contributed by atoms with Crippen LogP contribution in [0.1, 0.15) is 558 Å². The zero-order valence-electron chi connectivity index (χ0n) is 85.4. The van der Waals surface area contributed by atoms with Gasteiger partial charge < -0.3 is 0 Å². The molecule has 0 amide bonds. The molecule has 12 fully saturated rings. The summed E-state index contributed by atoms with van der Waals surface area (Å²) >= 11 is 0. The molecule has 7 atom stereocenters. The fraction of sp³-hybridized carbons (Fsp3) is 1.00. The van der Waals surface area contributed by atoms with Gasteiger partial charge in [-0.2, -0.15) is 0 Å². The fourth-order valence-electron chi connectivity index (χ4n) is 21.1. The summed E-state index contributed by atoms with van der Waals surface area (Å²) in [4.78, 5) is 0. The van der Waals surface area contributed by atoms with E-state index in [4.69, 9.17) is 0 Å². The van der Waals surface area contributed by atoms with Crippen molar-refractivity contribution in [2.24, 2.45) is 155 Å². The van der Waals surface area contributed by atoms with Gasteiger partial charge in [0.1, 0.15) is 0 Å². The minimum atomic E-state index is 0.375. The Morgan fingerprint density at radius 3 is 0.892 bits per heavy atom. The van der Waals surface area contributed by atoms with Gasteiger partial charge in [-0.1, -0.05) is 481 Å². The van der Waals surface area contributed by atoms with Crippen LogP contribution >= 0.6 is 0 Å². The van der Waals surface area contributed by atoms with Crippen LogP contribution in [0.25, 0.3) is 0 Å². The van der Waals surface area contributed by atoms with E-state index in [1.54, 1.807) is 51.4 Å². The van der Waals surface area contributed by atoms with Crippen molar-refractivity contribution in [3.8, 4) is 0 Å². The fourth-order valence-corrected chi connectivity index (χ4v) is 21.1. The Labute approximate surface area is 709 Å². The predicted molar refractivity (Wildman–Crippen MR) is 513 cm³/mol. The molecule has 0 radical (unpaired) electrons. The molecule has 0 aromatic carbocycles. The highest BCUT2D eigenvalue weighted by Gasteiger charge is 2.43. The summed E-state index contributed by atoms with van der Waals surface area (Å²) in [6, 6.07) is 0. The third-order valence-corrected chi connectivity index (χ3v) is 34.9. The third-order valence-electron chi connectivity index (χ3n) is 34.9. The molecule has 4 unspecified atom stereocenters. The molecule has 12 aliphatic rings. The van der Waals surface area contributed by atoms with Crippen molar-refractivity contribution in [3.05, 3.63) is 0 Å². The first kappa shape index (κ1) is 111. The molecule has 12 rings (SSSR count). The van der Waals surface area contributed by atoms with Gasteiger partial charge in [-0.05, 0) is 232 Å². The largest absolute Gasteiger partial charge is 0.0654 e. The van der Waals surface area contributed by atoms with Crippen molar-refractivity contribution >= 4 is 0 Å². The van der Waals surface area contributed by atoms with Gasteiger partial charge in [-0.15, -0.1) is 0 Å². The molecule has 0 saturated heterocycles. The first-order valence-electron chi connectivity index (χ1n) is 51.1. The van der Waals surface area contributed by atoms with Crippen molar-refractivity contribution in [1.82, 2.24) is 0 Å². The molecule has 0 aromatic heterocycles. The van der Waals surface area contributed by atoms with Crippen molar-refractivity contribution in [2.45, 2.75) is 558 Å². The highest BCUT2D eigenvalue weighted by Crippen LogP contribution is 2.52. The first-order valence-corrected chi connectivity index (χ1v) is 51.1. The van der Waals surface area contributed by atoms with E-state index in [1.807, 2.05) is 0 Å². The van der Waals surface area contributed by atoms with Crippen LogP contribution in [-0.4, -0.2) is 0 Å². The summed E-state index contributed by atoms with van der Waals surface area (Å²) in [7, 11) is 0. The molecule has 668 valence electrons. The third kappa shape index (κ3) is 47.7. The Morgan fingerprint density at radius 1 is 0.324 bits per heavy atom. The Hall–Kier alpha value is 0. The van der Waals surface area contributed by atoms with Crippen molar-refractivity contribution < 1.29 is 0 Å². The minimum Gasteiger partial charge on any atom is -0.0654 e. The van der Waals surface area contributed by atoms with Crippen molar-refractivity contribution in [3.63, 3.8) is 0 Å². The molecule has 0 nitrogen and oxygen atoms in total. The molecule has 0 heteroatoms. The molecule has 0 aromatic rings. The Balaban J connectivity index is 0.00000118. The van der Waals surface area contributed by atoms with Crippen LogP contribution in [0.3, 0.4) is 0 Å². The van der Waals surface area contributed by atoms with Gasteiger partial charge in [0.15, 0.2) is 0 Å². The monoisotopic (exact) mass is 1560 g/mol. The van der Waals surface area contributed by atoms with E-state index in [-0.39, 0.29) is 0 Å². The summed E-state index contributed by atoms with van der Waals surface area (Å²) < 4.78 is 0. The van der Waals surface area contributed by atoms with Crippen LogP contribution in [0.4, 0.5) is 0 Å². The first-order chi connectivity index (χ1) is 51.1. The molecular weight excluding hydrogens is 1330 g/mol. The number of rotatable bonds is 6. The van der Waals surface area contributed by atoms with E-state index in [1.165, 1.54) is 244 Å². The van der Waals surface area contributed by atoms with E-state index in [0.717, 1.165) is 112 Å². The van der Waals surface area contributed by atoms with E-state index < -0.39 is 0 Å². The Bertz CT molecular complexity index is 2050. The molecule has 111 heavy (non-hydrogen) atoms. The predicted octanol–water partition coefficient (Wildman–Crippen LogP) is 39.7. The lowest BCUT2D eigenvalue weighted by Gasteiger charge is -2.49. The smallest absolute Gasteiger partial charge is 0.0257 e. The molecule has 12 saturated carbocycles. The number of fused-ring (bicyclic) bond motifs is 4. The van der Waals surface area contributed by atoms with Crippen LogP contribution in [0, 0.1) is 155 Å². The number of hydrogen-bond donors (Lipinski definition) is 0. The van der Waals surface area contributed by atoms with Crippen molar-refractivity contribution in [2.75, 3.05) is 0 Å². The summed E-state index contributed by atoms with van der Waals surface area (Å²) in [6.07, 6.45) is 68.5. The molecular formula is C111H224. The minimum absolute atomic E-state index is 0.375. The van der Waals surface area contributed by atoms with Crippen LogP contribution in [0.15, 0.2) is 0 Å². The molecule has 0 spiro atoms. The van der Waals surface area contributed by atoms with Gasteiger partial charge in [0.25, 0.3) is 0 Å². The zero-order chi connectivity index (χ0) is 85.4. The quantitative estimate of drug-likeness (QED) is 0.249. The molecule has 0 N–H and O–H groups in total. The lowest BCUT2D eigenvalue weighted by atomic mass is 9.56. The zero-order valence-corrected chi connectivity index (χ0v) is 85.4. The van der Waals surface area contributed by atoms with Crippen LogP contribution in [0.5, 0.6) is 0 Å². The Kier molecular flexibility index (Phi) is 55.1. The van der Waals surface area contributed by atoms with Crippen LogP contribution in [-0.2, 0) is 0 Å². The van der Waals surface area contributed by atoms with Crippen molar-refractivity contribution in [1.29, 1.82) is 0 Å². The maximum atomic E-state index is 2.44. The average molecular weight is 1560 g/mol. The van der Waals surface area contributed by atoms with E-state index in [2.05, 4.69) is 263 Å². The summed E-state index contributed by atoms with van der Waals surface area (Å²) in [5.41, 5.74) is 4.29. The second-order valence-electron chi connectivity index (χ2n) is 50.1. The second-order valence-corrected chi connectivity index (χ2v) is 50.1. The second kappa shape index (κ2) is 55.1. The maximum absolute atomic E-state index is 2.44. The van der Waals surface area contributed by atoms with Gasteiger partial charge in [-0.3, -0.25) is 0 Å². The van der Waals surface area contributed by atoms with Gasteiger partial charge in [-0.25, -0.2) is 0 Å². The van der Waals surface area contributed by atoms with E-state index in [0.29, 0.717) is 43.3 Å². The highest BCUT2D eigenvalue weighted by atomic mass is 14.5. The van der Waals surface area contributed by atoms with Crippen LogP contribution in [0.2, 0.25) is 0 Å². The summed E-state index contributed by atoms with van der Waals surface area (Å²) in [5.74, 6) is 18.5. The SMILES string of the molecule is CC(C(C)(C)C)C(C)(C)C.CC(C)(C)C(C)(C)C(C)(C)C.CC(C)C(C)(C)C(C)(C)C.CC(C)C1CCCC1.CC1(C)CCCCC1.CC1C2CCC1CC2.CC1CCC(C)CC1.CC1CCCC[C@H]1C.CC1CCC[C@@H](C)C1.CCC1(C)CCCC1.CCC1CCCCC1.CCCC1CCCC1.C[C@H]1CC2CCC1C2. The van der Waals surface area contributed by atoms with Gasteiger partial charge in [0.05, 0.1) is 0 Å². The molecule has 0 aliphatic heterocycles. The average Bonchev–Trinajstić information content (AvgIpc) is 1.54. The summed E-state index contributed by atoms with van der Waals surface area (Å²) in [6.45, 7) is 88.9. The van der Waals surface area contributed by atoms with Gasteiger partial charge in [0.2, 0.25) is 0 Å². The molecule has 4 bridgehead atoms. The Morgan fingerprint density at radius 2 is 0.694 bits per heavy atom. The van der Waals surface area contributed by atoms with Crippen LogP contribution < -0.4 is 0 Å². The lowest BCUT2D eigenvalue weighted by molar-refractivity contribution is 0.00575. The standard InChI is InChI=1S/C11H24.2C10H22.2C8H14.8C8H16/c1-9(2,3)11(7,8)10(4,5)6;1-8(9(2,3)4)10(5,6)7;1-8(2)10(6,7)9(3,4)5;1-6-4-7-2-3-8(6)5-7;1-6-7-2-3-8(6)5-4-7;1-7-3-5-8(2)6-4-7;1-7-4-3-5-8(2)6-7;1-8(2)6-4-3-5-7-8;1-7-5-3-4-6-8(7)2;1-7(2)8-5-3-4-6-8;1-3-8(2)6-4-5-7-8;1-2-8-6-4-3-5-7-8;1-2-5-8-6-3-4-7-8/h1-8H3;2*8H,1-7H3;2*6-8H,2-5H2,1H3;2*7-8H,3-6H2,1-2H3;3-7H2,1-2H3;2*7-8H,3-6H2,1-2H3;3-7H2,1-2H3;2*8H,2-7H2,1H3/t;;;6-,7?,8?;;;7-,8?;;7-,8?;;;;/m...0..1.1..../s1.